The highest BCUT2D eigenvalue weighted by Crippen LogP contribution is 2.22. The first-order valence-electron chi connectivity index (χ1n) is 7.25. The summed E-state index contributed by atoms with van der Waals surface area (Å²) in [6, 6.07) is 16.1. The quantitative estimate of drug-likeness (QED) is 0.666. The van der Waals surface area contributed by atoms with E-state index in [1.165, 1.54) is 11.1 Å². The van der Waals surface area contributed by atoms with Crippen LogP contribution in [-0.2, 0) is 5.75 Å². The van der Waals surface area contributed by atoms with Crippen molar-refractivity contribution in [1.82, 2.24) is 15.2 Å². The summed E-state index contributed by atoms with van der Waals surface area (Å²) in [7, 11) is 1.67. The molecule has 6 heteroatoms. The second-order valence-corrected chi connectivity index (χ2v) is 6.06. The van der Waals surface area contributed by atoms with Crippen molar-refractivity contribution in [3.05, 3.63) is 59.7 Å². The molecule has 0 aliphatic rings. The summed E-state index contributed by atoms with van der Waals surface area (Å²) in [5.41, 5.74) is 3.38. The van der Waals surface area contributed by atoms with E-state index in [4.69, 9.17) is 4.74 Å². The molecule has 3 aromatic rings. The van der Waals surface area contributed by atoms with E-state index in [1.807, 2.05) is 36.4 Å². The standard InChI is InChI=1S/C17H18N4OS/c1-12-4-3-5-14(10-12)18-16-19-17(21-20-16)23-11-13-6-8-15(22-2)9-7-13/h3-10H,11H2,1-2H3,(H2,18,19,20,21). The Balaban J connectivity index is 1.58. The fourth-order valence-corrected chi connectivity index (χ4v) is 2.85. The Morgan fingerprint density at radius 2 is 2.00 bits per heavy atom. The van der Waals surface area contributed by atoms with Crippen LogP contribution in [0, 0.1) is 6.92 Å². The molecule has 0 bridgehead atoms. The Morgan fingerprint density at radius 1 is 1.17 bits per heavy atom. The SMILES string of the molecule is COc1ccc(CSc2nc(Nc3cccc(C)c3)n[nH]2)cc1. The number of nitrogens with one attached hydrogen (secondary N) is 2. The predicted molar refractivity (Wildman–Crippen MR) is 93.4 cm³/mol. The van der Waals surface area contributed by atoms with Crippen molar-refractivity contribution in [3.63, 3.8) is 0 Å². The molecule has 0 spiro atoms. The topological polar surface area (TPSA) is 62.8 Å². The van der Waals surface area contributed by atoms with E-state index < -0.39 is 0 Å². The second kappa shape index (κ2) is 7.19. The van der Waals surface area contributed by atoms with Crippen LogP contribution < -0.4 is 10.1 Å². The predicted octanol–water partition coefficient (Wildman–Crippen LogP) is 4.16. The van der Waals surface area contributed by atoms with E-state index in [0.29, 0.717) is 5.95 Å². The van der Waals surface area contributed by atoms with Gasteiger partial charge in [0.15, 0.2) is 5.16 Å². The highest BCUT2D eigenvalue weighted by atomic mass is 32.2. The molecule has 2 aromatic carbocycles. The Kier molecular flexibility index (Phi) is 4.83. The number of aromatic nitrogens is 3. The van der Waals surface area contributed by atoms with E-state index in [0.717, 1.165) is 22.3 Å². The van der Waals surface area contributed by atoms with Crippen molar-refractivity contribution < 1.29 is 4.74 Å². The van der Waals surface area contributed by atoms with E-state index in [1.54, 1.807) is 18.9 Å². The number of ether oxygens (including phenoxy) is 1. The van der Waals surface area contributed by atoms with E-state index >= 15 is 0 Å². The smallest absolute Gasteiger partial charge is 0.247 e. The lowest BCUT2D eigenvalue weighted by Gasteiger charge is -2.02. The van der Waals surface area contributed by atoms with Crippen molar-refractivity contribution in [2.75, 3.05) is 12.4 Å². The number of hydrogen-bond acceptors (Lipinski definition) is 5. The molecule has 1 aromatic heterocycles. The van der Waals surface area contributed by atoms with E-state index in [9.17, 15) is 0 Å². The number of thioether (sulfide) groups is 1. The van der Waals surface area contributed by atoms with Crippen LogP contribution in [-0.4, -0.2) is 22.3 Å². The molecule has 3 rings (SSSR count). The van der Waals surface area contributed by atoms with Gasteiger partial charge < -0.3 is 10.1 Å². The minimum atomic E-state index is 0.577. The largest absolute Gasteiger partial charge is 0.497 e. The van der Waals surface area contributed by atoms with Gasteiger partial charge in [-0.3, -0.25) is 5.10 Å². The van der Waals surface area contributed by atoms with Crippen LogP contribution in [0.1, 0.15) is 11.1 Å². The molecule has 23 heavy (non-hydrogen) atoms. The lowest BCUT2D eigenvalue weighted by Crippen LogP contribution is -1.92. The normalized spacial score (nSPS) is 10.5. The number of nitrogens with zero attached hydrogens (tertiary/aromatic N) is 2. The third-order valence-corrected chi connectivity index (χ3v) is 4.21. The van der Waals surface area contributed by atoms with Gasteiger partial charge in [0, 0.05) is 11.4 Å². The average Bonchev–Trinajstić information content (AvgIpc) is 3.01. The number of aromatic amines is 1. The van der Waals surface area contributed by atoms with Gasteiger partial charge in [0.1, 0.15) is 5.75 Å². The lowest BCUT2D eigenvalue weighted by atomic mass is 10.2. The molecule has 2 N–H and O–H groups in total. The Hall–Kier alpha value is -2.47. The molecule has 0 atom stereocenters. The molecular formula is C17H18N4OS. The zero-order valence-corrected chi connectivity index (χ0v) is 13.9. The molecule has 1 heterocycles. The minimum Gasteiger partial charge on any atom is -0.497 e. The van der Waals surface area contributed by atoms with Gasteiger partial charge in [0.2, 0.25) is 5.95 Å². The van der Waals surface area contributed by atoms with Crippen LogP contribution in [0.2, 0.25) is 0 Å². The maximum Gasteiger partial charge on any atom is 0.247 e. The first-order chi connectivity index (χ1) is 11.2. The molecule has 0 amide bonds. The van der Waals surface area contributed by atoms with Crippen LogP contribution in [0.15, 0.2) is 53.7 Å². The molecule has 0 saturated carbocycles. The number of methoxy groups -OCH3 is 1. The van der Waals surface area contributed by atoms with E-state index in [2.05, 4.69) is 39.6 Å². The number of aryl methyl sites for hydroxylation is 1. The summed E-state index contributed by atoms with van der Waals surface area (Å²) < 4.78 is 5.16. The summed E-state index contributed by atoms with van der Waals surface area (Å²) in [5, 5.41) is 11.1. The highest BCUT2D eigenvalue weighted by molar-refractivity contribution is 7.98. The second-order valence-electron chi connectivity index (χ2n) is 5.10. The molecule has 0 aliphatic heterocycles. The number of hydrogen-bond donors (Lipinski definition) is 2. The molecule has 0 radical (unpaired) electrons. The van der Waals surface area contributed by atoms with Crippen LogP contribution in [0.4, 0.5) is 11.6 Å². The van der Waals surface area contributed by atoms with Gasteiger partial charge in [-0.05, 0) is 42.3 Å². The molecular weight excluding hydrogens is 308 g/mol. The highest BCUT2D eigenvalue weighted by Gasteiger charge is 2.05. The molecule has 0 unspecified atom stereocenters. The van der Waals surface area contributed by atoms with Crippen molar-refractivity contribution in [2.24, 2.45) is 0 Å². The molecule has 0 aliphatic carbocycles. The molecule has 118 valence electrons. The summed E-state index contributed by atoms with van der Waals surface area (Å²) in [6.45, 7) is 2.05. The van der Waals surface area contributed by atoms with Gasteiger partial charge in [-0.25, -0.2) is 0 Å². The van der Waals surface area contributed by atoms with Crippen molar-refractivity contribution in [3.8, 4) is 5.75 Å². The number of rotatable bonds is 6. The third-order valence-electron chi connectivity index (χ3n) is 3.27. The Morgan fingerprint density at radius 3 is 2.74 bits per heavy atom. The summed E-state index contributed by atoms with van der Waals surface area (Å²) in [4.78, 5) is 4.44. The first-order valence-corrected chi connectivity index (χ1v) is 8.23. The van der Waals surface area contributed by atoms with Crippen LogP contribution >= 0.6 is 11.8 Å². The maximum atomic E-state index is 5.16. The van der Waals surface area contributed by atoms with Gasteiger partial charge >= 0.3 is 0 Å². The van der Waals surface area contributed by atoms with Crippen LogP contribution in [0.3, 0.4) is 0 Å². The van der Waals surface area contributed by atoms with Gasteiger partial charge in [0.05, 0.1) is 7.11 Å². The van der Waals surface area contributed by atoms with Crippen molar-refractivity contribution >= 4 is 23.4 Å². The zero-order valence-electron chi connectivity index (χ0n) is 13.0. The molecule has 0 fully saturated rings. The summed E-state index contributed by atoms with van der Waals surface area (Å²) >= 11 is 1.61. The number of benzene rings is 2. The van der Waals surface area contributed by atoms with Crippen molar-refractivity contribution in [2.45, 2.75) is 17.8 Å². The monoisotopic (exact) mass is 326 g/mol. The van der Waals surface area contributed by atoms with Gasteiger partial charge in [-0.1, -0.05) is 36.0 Å². The third kappa shape index (κ3) is 4.26. The molecule has 0 saturated heterocycles. The van der Waals surface area contributed by atoms with Gasteiger partial charge in [0.25, 0.3) is 0 Å². The average molecular weight is 326 g/mol. The fourth-order valence-electron chi connectivity index (χ4n) is 2.09. The summed E-state index contributed by atoms with van der Waals surface area (Å²) in [5.74, 6) is 2.26. The van der Waals surface area contributed by atoms with Crippen LogP contribution in [0.25, 0.3) is 0 Å². The minimum absolute atomic E-state index is 0.577. The fraction of sp³-hybridized carbons (Fsp3) is 0.176. The van der Waals surface area contributed by atoms with Gasteiger partial charge in [-0.15, -0.1) is 5.10 Å². The van der Waals surface area contributed by atoms with Gasteiger partial charge in [-0.2, -0.15) is 4.98 Å². The van der Waals surface area contributed by atoms with Crippen molar-refractivity contribution in [1.29, 1.82) is 0 Å². The number of H-pyrrole nitrogens is 1. The maximum absolute atomic E-state index is 5.16. The van der Waals surface area contributed by atoms with Crippen LogP contribution in [0.5, 0.6) is 5.75 Å². The zero-order chi connectivity index (χ0) is 16.1. The van der Waals surface area contributed by atoms with E-state index in [-0.39, 0.29) is 0 Å². The Labute approximate surface area is 139 Å². The Bertz CT molecular complexity index is 770. The lowest BCUT2D eigenvalue weighted by molar-refractivity contribution is 0.414. The number of anilines is 2. The summed E-state index contributed by atoms with van der Waals surface area (Å²) in [6.07, 6.45) is 0. The first kappa shape index (κ1) is 15.4. The molecule has 5 nitrogen and oxygen atoms in total.